The van der Waals surface area contributed by atoms with Gasteiger partial charge in [-0.15, -0.1) is 0 Å². The molecule has 1 aromatic heterocycles. The SMILES string of the molecule is CCCC(CN)C(=O)NCc1ccncc1. The Morgan fingerprint density at radius 1 is 1.50 bits per heavy atom. The van der Waals surface area contributed by atoms with Crippen molar-refractivity contribution in [2.24, 2.45) is 11.7 Å². The van der Waals surface area contributed by atoms with E-state index < -0.39 is 0 Å². The molecule has 0 aliphatic heterocycles. The van der Waals surface area contributed by atoms with Crippen LogP contribution in [0, 0.1) is 5.92 Å². The molecular weight excluding hydrogens is 202 g/mol. The number of aromatic nitrogens is 1. The minimum absolute atomic E-state index is 0.0427. The van der Waals surface area contributed by atoms with E-state index in [9.17, 15) is 4.79 Å². The average molecular weight is 221 g/mol. The van der Waals surface area contributed by atoms with Crippen molar-refractivity contribution in [2.75, 3.05) is 6.54 Å². The summed E-state index contributed by atoms with van der Waals surface area (Å²) in [5, 5.41) is 2.89. The molecule has 4 heteroatoms. The van der Waals surface area contributed by atoms with Crippen LogP contribution in [0.3, 0.4) is 0 Å². The van der Waals surface area contributed by atoms with Crippen molar-refractivity contribution >= 4 is 5.91 Å². The number of carbonyl (C=O) groups excluding carboxylic acids is 1. The Kier molecular flexibility index (Phi) is 5.50. The van der Waals surface area contributed by atoms with Gasteiger partial charge in [0.25, 0.3) is 0 Å². The molecule has 0 saturated carbocycles. The minimum Gasteiger partial charge on any atom is -0.352 e. The molecule has 0 aliphatic rings. The normalized spacial score (nSPS) is 12.1. The summed E-state index contributed by atoms with van der Waals surface area (Å²) in [5.41, 5.74) is 6.61. The largest absolute Gasteiger partial charge is 0.352 e. The number of nitrogens with two attached hydrogens (primary N) is 1. The van der Waals surface area contributed by atoms with Crippen LogP contribution in [-0.4, -0.2) is 17.4 Å². The van der Waals surface area contributed by atoms with Crippen molar-refractivity contribution in [1.29, 1.82) is 0 Å². The lowest BCUT2D eigenvalue weighted by molar-refractivity contribution is -0.125. The van der Waals surface area contributed by atoms with Crippen molar-refractivity contribution in [2.45, 2.75) is 26.3 Å². The molecule has 1 rings (SSSR count). The Labute approximate surface area is 96.3 Å². The van der Waals surface area contributed by atoms with E-state index in [4.69, 9.17) is 5.73 Å². The highest BCUT2D eigenvalue weighted by molar-refractivity contribution is 5.78. The van der Waals surface area contributed by atoms with Crippen molar-refractivity contribution < 1.29 is 4.79 Å². The van der Waals surface area contributed by atoms with Crippen LogP contribution in [-0.2, 0) is 11.3 Å². The number of pyridine rings is 1. The van der Waals surface area contributed by atoms with Gasteiger partial charge >= 0.3 is 0 Å². The molecule has 0 radical (unpaired) electrons. The number of rotatable bonds is 6. The zero-order valence-electron chi connectivity index (χ0n) is 9.65. The second kappa shape index (κ2) is 6.95. The fourth-order valence-corrected chi connectivity index (χ4v) is 1.54. The van der Waals surface area contributed by atoms with Crippen LogP contribution in [0.4, 0.5) is 0 Å². The van der Waals surface area contributed by atoms with E-state index in [1.54, 1.807) is 12.4 Å². The lowest BCUT2D eigenvalue weighted by atomic mass is 10.0. The molecule has 16 heavy (non-hydrogen) atoms. The highest BCUT2D eigenvalue weighted by atomic mass is 16.1. The van der Waals surface area contributed by atoms with Gasteiger partial charge in [-0.2, -0.15) is 0 Å². The van der Waals surface area contributed by atoms with Gasteiger partial charge in [0, 0.05) is 25.5 Å². The molecule has 88 valence electrons. The first-order chi connectivity index (χ1) is 7.77. The standard InChI is InChI=1S/C12H19N3O/c1-2-3-11(8-13)12(16)15-9-10-4-6-14-7-5-10/h4-7,11H,2-3,8-9,13H2,1H3,(H,15,16). The third-order valence-electron chi connectivity index (χ3n) is 2.51. The number of hydrogen-bond donors (Lipinski definition) is 2. The molecule has 1 heterocycles. The molecular formula is C12H19N3O. The number of nitrogens with zero attached hydrogens (tertiary/aromatic N) is 1. The third kappa shape index (κ3) is 3.98. The van der Waals surface area contributed by atoms with Gasteiger partial charge in [-0.1, -0.05) is 13.3 Å². The fraction of sp³-hybridized carbons (Fsp3) is 0.500. The van der Waals surface area contributed by atoms with Gasteiger partial charge in [-0.3, -0.25) is 9.78 Å². The molecule has 3 N–H and O–H groups in total. The lowest BCUT2D eigenvalue weighted by Gasteiger charge is -2.13. The molecule has 0 spiro atoms. The van der Waals surface area contributed by atoms with E-state index in [1.165, 1.54) is 0 Å². The maximum atomic E-state index is 11.7. The first-order valence-corrected chi connectivity index (χ1v) is 5.64. The molecule has 4 nitrogen and oxygen atoms in total. The van der Waals surface area contributed by atoms with E-state index in [0.29, 0.717) is 13.1 Å². The smallest absolute Gasteiger partial charge is 0.224 e. The Bertz CT molecular complexity index is 313. The van der Waals surface area contributed by atoms with Crippen molar-refractivity contribution in [3.05, 3.63) is 30.1 Å². The van der Waals surface area contributed by atoms with E-state index in [0.717, 1.165) is 18.4 Å². The summed E-state index contributed by atoms with van der Waals surface area (Å²) in [4.78, 5) is 15.7. The molecule has 1 aromatic rings. The number of nitrogens with one attached hydrogen (secondary N) is 1. The zero-order valence-corrected chi connectivity index (χ0v) is 9.65. The molecule has 0 aromatic carbocycles. The lowest BCUT2D eigenvalue weighted by Crippen LogP contribution is -2.34. The molecule has 0 saturated heterocycles. The molecule has 0 fully saturated rings. The van der Waals surface area contributed by atoms with Crippen LogP contribution >= 0.6 is 0 Å². The first-order valence-electron chi connectivity index (χ1n) is 5.64. The highest BCUT2D eigenvalue weighted by Crippen LogP contribution is 2.05. The Morgan fingerprint density at radius 2 is 2.19 bits per heavy atom. The van der Waals surface area contributed by atoms with Crippen LogP contribution in [0.2, 0.25) is 0 Å². The summed E-state index contributed by atoms with van der Waals surface area (Å²) >= 11 is 0. The van der Waals surface area contributed by atoms with E-state index in [-0.39, 0.29) is 11.8 Å². The van der Waals surface area contributed by atoms with Gasteiger partial charge in [0.05, 0.1) is 5.92 Å². The average Bonchev–Trinajstić information content (AvgIpc) is 2.34. The Hall–Kier alpha value is -1.42. The molecule has 0 bridgehead atoms. The highest BCUT2D eigenvalue weighted by Gasteiger charge is 2.14. The summed E-state index contributed by atoms with van der Waals surface area (Å²) in [6, 6.07) is 3.77. The monoisotopic (exact) mass is 221 g/mol. The van der Waals surface area contributed by atoms with Gasteiger partial charge in [0.2, 0.25) is 5.91 Å². The maximum absolute atomic E-state index is 11.7. The zero-order chi connectivity index (χ0) is 11.8. The second-order valence-corrected chi connectivity index (χ2v) is 3.79. The predicted octanol–water partition coefficient (Wildman–Crippen LogP) is 1.07. The van der Waals surface area contributed by atoms with E-state index in [1.807, 2.05) is 12.1 Å². The van der Waals surface area contributed by atoms with Crippen molar-refractivity contribution in [3.8, 4) is 0 Å². The van der Waals surface area contributed by atoms with E-state index >= 15 is 0 Å². The second-order valence-electron chi connectivity index (χ2n) is 3.79. The summed E-state index contributed by atoms with van der Waals surface area (Å²) in [6.07, 6.45) is 5.26. The Morgan fingerprint density at radius 3 is 2.75 bits per heavy atom. The molecule has 1 unspecified atom stereocenters. The van der Waals surface area contributed by atoms with Crippen LogP contribution < -0.4 is 11.1 Å². The number of carbonyl (C=O) groups is 1. The van der Waals surface area contributed by atoms with E-state index in [2.05, 4.69) is 17.2 Å². The summed E-state index contributed by atoms with van der Waals surface area (Å²) in [5.74, 6) is -0.0204. The number of hydrogen-bond acceptors (Lipinski definition) is 3. The summed E-state index contributed by atoms with van der Waals surface area (Å²) in [6.45, 7) is 3.01. The summed E-state index contributed by atoms with van der Waals surface area (Å²) < 4.78 is 0. The van der Waals surface area contributed by atoms with Gasteiger partial charge in [-0.05, 0) is 24.1 Å². The van der Waals surface area contributed by atoms with Crippen LogP contribution in [0.1, 0.15) is 25.3 Å². The first kappa shape index (κ1) is 12.6. The number of amides is 1. The topological polar surface area (TPSA) is 68.0 Å². The van der Waals surface area contributed by atoms with Crippen LogP contribution in [0.25, 0.3) is 0 Å². The fourth-order valence-electron chi connectivity index (χ4n) is 1.54. The van der Waals surface area contributed by atoms with Gasteiger partial charge in [-0.25, -0.2) is 0 Å². The molecule has 1 atom stereocenters. The van der Waals surface area contributed by atoms with Gasteiger partial charge in [0.15, 0.2) is 0 Å². The van der Waals surface area contributed by atoms with Crippen molar-refractivity contribution in [1.82, 2.24) is 10.3 Å². The minimum atomic E-state index is -0.0631. The molecule has 0 aliphatic carbocycles. The Balaban J connectivity index is 2.40. The third-order valence-corrected chi connectivity index (χ3v) is 2.51. The predicted molar refractivity (Wildman–Crippen MR) is 63.5 cm³/mol. The summed E-state index contributed by atoms with van der Waals surface area (Å²) in [7, 11) is 0. The van der Waals surface area contributed by atoms with Gasteiger partial charge < -0.3 is 11.1 Å². The molecule has 1 amide bonds. The van der Waals surface area contributed by atoms with Crippen molar-refractivity contribution in [3.63, 3.8) is 0 Å². The maximum Gasteiger partial charge on any atom is 0.224 e. The van der Waals surface area contributed by atoms with Crippen LogP contribution in [0.5, 0.6) is 0 Å². The quantitative estimate of drug-likeness (QED) is 0.755. The van der Waals surface area contributed by atoms with Crippen LogP contribution in [0.15, 0.2) is 24.5 Å². The van der Waals surface area contributed by atoms with Gasteiger partial charge in [0.1, 0.15) is 0 Å².